The number of sulfonamides is 1. The second-order valence-corrected chi connectivity index (χ2v) is 6.94. The van der Waals surface area contributed by atoms with Crippen LogP contribution in [-0.2, 0) is 16.6 Å². The predicted molar refractivity (Wildman–Crippen MR) is 89.7 cm³/mol. The molecule has 0 radical (unpaired) electrons. The van der Waals surface area contributed by atoms with Crippen molar-refractivity contribution in [3.8, 4) is 5.75 Å². The number of benzene rings is 1. The van der Waals surface area contributed by atoms with E-state index in [1.807, 2.05) is 6.07 Å². The van der Waals surface area contributed by atoms with Crippen molar-refractivity contribution in [3.05, 3.63) is 54.4 Å². The fraction of sp³-hybridized carbons (Fsp3) is 0.353. The van der Waals surface area contributed by atoms with E-state index in [0.29, 0.717) is 18.1 Å². The summed E-state index contributed by atoms with van der Waals surface area (Å²) in [6, 6.07) is 11.8. The number of pyridine rings is 1. The monoisotopic (exact) mass is 334 g/mol. The molecule has 1 N–H and O–H groups in total. The van der Waals surface area contributed by atoms with E-state index in [-0.39, 0.29) is 11.4 Å². The average Bonchev–Trinajstić information content (AvgIpc) is 2.58. The maximum Gasteiger partial charge on any atom is 0.240 e. The number of ether oxygens (including phenoxy) is 1. The van der Waals surface area contributed by atoms with Crippen LogP contribution >= 0.6 is 0 Å². The summed E-state index contributed by atoms with van der Waals surface area (Å²) in [4.78, 5) is 4.31. The molecule has 2 rings (SSSR count). The van der Waals surface area contributed by atoms with Crippen molar-refractivity contribution in [1.29, 1.82) is 0 Å². The Morgan fingerprint density at radius 3 is 2.52 bits per heavy atom. The van der Waals surface area contributed by atoms with Crippen LogP contribution in [-0.4, -0.2) is 20.0 Å². The van der Waals surface area contributed by atoms with E-state index in [1.54, 1.807) is 42.6 Å². The van der Waals surface area contributed by atoms with Crippen molar-refractivity contribution in [1.82, 2.24) is 9.71 Å². The highest BCUT2D eigenvalue weighted by Gasteiger charge is 2.13. The SMILES string of the molecule is CCCCCOc1ccc(S(=O)(=O)NCc2ccccn2)cc1. The second kappa shape index (κ2) is 8.64. The minimum absolute atomic E-state index is 0.165. The van der Waals surface area contributed by atoms with Crippen LogP contribution in [0.1, 0.15) is 31.9 Å². The van der Waals surface area contributed by atoms with Crippen molar-refractivity contribution in [2.45, 2.75) is 37.6 Å². The van der Waals surface area contributed by atoms with Crippen molar-refractivity contribution in [3.63, 3.8) is 0 Å². The van der Waals surface area contributed by atoms with Gasteiger partial charge in [-0.05, 0) is 42.8 Å². The van der Waals surface area contributed by atoms with Gasteiger partial charge < -0.3 is 4.74 Å². The topological polar surface area (TPSA) is 68.3 Å². The summed E-state index contributed by atoms with van der Waals surface area (Å²) in [5, 5.41) is 0. The molecule has 0 amide bonds. The molecular formula is C17H22N2O3S. The molecule has 124 valence electrons. The van der Waals surface area contributed by atoms with E-state index >= 15 is 0 Å². The lowest BCUT2D eigenvalue weighted by Gasteiger charge is -2.08. The largest absolute Gasteiger partial charge is 0.494 e. The predicted octanol–water partition coefficient (Wildman–Crippen LogP) is 3.13. The zero-order valence-corrected chi connectivity index (χ0v) is 14.1. The molecule has 0 atom stereocenters. The first-order valence-corrected chi connectivity index (χ1v) is 9.22. The smallest absolute Gasteiger partial charge is 0.240 e. The number of hydrogen-bond donors (Lipinski definition) is 1. The van der Waals surface area contributed by atoms with Gasteiger partial charge in [0.15, 0.2) is 0 Å². The third kappa shape index (κ3) is 5.65. The quantitative estimate of drug-likeness (QED) is 0.715. The van der Waals surface area contributed by atoms with Gasteiger partial charge in [0.1, 0.15) is 5.75 Å². The Morgan fingerprint density at radius 1 is 1.09 bits per heavy atom. The first-order chi connectivity index (χ1) is 11.1. The van der Waals surface area contributed by atoms with Gasteiger partial charge in [0.25, 0.3) is 0 Å². The van der Waals surface area contributed by atoms with Crippen molar-refractivity contribution in [2.24, 2.45) is 0 Å². The highest BCUT2D eigenvalue weighted by Crippen LogP contribution is 2.16. The molecule has 0 fully saturated rings. The summed E-state index contributed by atoms with van der Waals surface area (Å²) in [5.41, 5.74) is 0.673. The van der Waals surface area contributed by atoms with E-state index in [1.165, 1.54) is 0 Å². The molecule has 6 heteroatoms. The average molecular weight is 334 g/mol. The van der Waals surface area contributed by atoms with Crippen LogP contribution in [0.4, 0.5) is 0 Å². The van der Waals surface area contributed by atoms with E-state index in [4.69, 9.17) is 4.74 Å². The number of unbranched alkanes of at least 4 members (excludes halogenated alkanes) is 2. The molecule has 2 aromatic rings. The van der Waals surface area contributed by atoms with Gasteiger partial charge in [-0.1, -0.05) is 25.8 Å². The van der Waals surface area contributed by atoms with Crippen molar-refractivity contribution >= 4 is 10.0 Å². The van der Waals surface area contributed by atoms with Gasteiger partial charge in [0, 0.05) is 6.20 Å². The summed E-state index contributed by atoms with van der Waals surface area (Å²) < 4.78 is 32.6. The summed E-state index contributed by atoms with van der Waals surface area (Å²) in [6.07, 6.45) is 4.91. The Morgan fingerprint density at radius 2 is 1.87 bits per heavy atom. The van der Waals surface area contributed by atoms with Crippen molar-refractivity contribution < 1.29 is 13.2 Å². The van der Waals surface area contributed by atoms with Crippen LogP contribution < -0.4 is 9.46 Å². The van der Waals surface area contributed by atoms with Gasteiger partial charge >= 0.3 is 0 Å². The molecule has 1 aromatic carbocycles. The summed E-state index contributed by atoms with van der Waals surface area (Å²) >= 11 is 0. The molecule has 23 heavy (non-hydrogen) atoms. The summed E-state index contributed by atoms with van der Waals surface area (Å²) in [6.45, 7) is 2.95. The lowest BCUT2D eigenvalue weighted by Crippen LogP contribution is -2.23. The Kier molecular flexibility index (Phi) is 6.55. The van der Waals surface area contributed by atoms with Gasteiger partial charge in [-0.2, -0.15) is 0 Å². The second-order valence-electron chi connectivity index (χ2n) is 5.17. The highest BCUT2D eigenvalue weighted by molar-refractivity contribution is 7.89. The van der Waals surface area contributed by atoms with Crippen LogP contribution in [0.25, 0.3) is 0 Å². The van der Waals surface area contributed by atoms with Gasteiger partial charge in [0.2, 0.25) is 10.0 Å². The zero-order valence-electron chi connectivity index (χ0n) is 13.2. The molecule has 1 aromatic heterocycles. The minimum atomic E-state index is -3.55. The number of hydrogen-bond acceptors (Lipinski definition) is 4. The fourth-order valence-electron chi connectivity index (χ4n) is 2.01. The van der Waals surface area contributed by atoms with E-state index in [9.17, 15) is 8.42 Å². The van der Waals surface area contributed by atoms with Crippen LogP contribution in [0.5, 0.6) is 5.75 Å². The maximum absolute atomic E-state index is 12.2. The number of aromatic nitrogens is 1. The third-order valence-electron chi connectivity index (χ3n) is 3.32. The normalized spacial score (nSPS) is 11.3. The van der Waals surface area contributed by atoms with E-state index < -0.39 is 10.0 Å². The molecule has 0 bridgehead atoms. The molecule has 0 aliphatic rings. The fourth-order valence-corrected chi connectivity index (χ4v) is 3.01. The van der Waals surface area contributed by atoms with Crippen LogP contribution in [0, 0.1) is 0 Å². The van der Waals surface area contributed by atoms with E-state index in [0.717, 1.165) is 19.3 Å². The van der Waals surface area contributed by atoms with Crippen LogP contribution in [0.2, 0.25) is 0 Å². The van der Waals surface area contributed by atoms with Crippen LogP contribution in [0.15, 0.2) is 53.6 Å². The van der Waals surface area contributed by atoms with Gasteiger partial charge in [-0.25, -0.2) is 13.1 Å². The summed E-state index contributed by atoms with van der Waals surface area (Å²) in [7, 11) is -3.55. The Balaban J connectivity index is 1.92. The Hall–Kier alpha value is -1.92. The molecule has 1 heterocycles. The summed E-state index contributed by atoms with van der Waals surface area (Å²) in [5.74, 6) is 0.685. The molecule has 0 saturated carbocycles. The standard InChI is InChI=1S/C17H22N2O3S/c1-2-3-6-13-22-16-8-10-17(11-9-16)23(20,21)19-14-15-7-4-5-12-18-15/h4-5,7-12,19H,2-3,6,13-14H2,1H3. The molecule has 0 spiro atoms. The molecule has 0 unspecified atom stereocenters. The minimum Gasteiger partial charge on any atom is -0.494 e. The Labute approximate surface area is 137 Å². The molecule has 5 nitrogen and oxygen atoms in total. The first-order valence-electron chi connectivity index (χ1n) is 7.74. The highest BCUT2D eigenvalue weighted by atomic mass is 32.2. The van der Waals surface area contributed by atoms with Gasteiger partial charge in [-0.3, -0.25) is 4.98 Å². The molecule has 0 aliphatic heterocycles. The van der Waals surface area contributed by atoms with Gasteiger partial charge in [-0.15, -0.1) is 0 Å². The number of nitrogens with zero attached hydrogens (tertiary/aromatic N) is 1. The maximum atomic E-state index is 12.2. The lowest BCUT2D eigenvalue weighted by atomic mass is 10.3. The third-order valence-corrected chi connectivity index (χ3v) is 4.74. The molecule has 0 aliphatic carbocycles. The number of rotatable bonds is 9. The van der Waals surface area contributed by atoms with Crippen molar-refractivity contribution in [2.75, 3.05) is 6.61 Å². The zero-order chi connectivity index (χ0) is 16.5. The number of nitrogens with one attached hydrogen (secondary N) is 1. The van der Waals surface area contributed by atoms with Gasteiger partial charge in [0.05, 0.1) is 23.7 Å². The first kappa shape index (κ1) is 17.4. The molecular weight excluding hydrogens is 312 g/mol. The Bertz CT molecular complexity index is 686. The lowest BCUT2D eigenvalue weighted by molar-refractivity contribution is 0.306. The van der Waals surface area contributed by atoms with Crippen LogP contribution in [0.3, 0.4) is 0 Å². The van der Waals surface area contributed by atoms with E-state index in [2.05, 4.69) is 16.6 Å². The molecule has 0 saturated heterocycles.